The summed E-state index contributed by atoms with van der Waals surface area (Å²) in [6.45, 7) is 1.72. The number of nitrogens with one attached hydrogen (secondary N) is 1. The van der Waals surface area contributed by atoms with Crippen molar-refractivity contribution in [3.63, 3.8) is 0 Å². The largest absolute Gasteiger partial charge is 0.280 e. The first-order valence-corrected chi connectivity index (χ1v) is 2.46. The maximum atomic E-state index is 6.93. The third kappa shape index (κ3) is 1.50. The van der Waals surface area contributed by atoms with Crippen LogP contribution in [0.2, 0.25) is 0 Å². The molecule has 0 aromatic heterocycles. The quantitative estimate of drug-likeness (QED) is 0.574. The molecule has 0 radical (unpaired) electrons. The Kier molecular flexibility index (Phi) is 2.81. The lowest BCUT2D eigenvalue weighted by Gasteiger charge is -1.81. The van der Waals surface area contributed by atoms with E-state index in [0.29, 0.717) is 10.7 Å². The van der Waals surface area contributed by atoms with Gasteiger partial charge in [0.1, 0.15) is 5.03 Å². The minimum atomic E-state index is 0. The Labute approximate surface area is 63.7 Å². The summed E-state index contributed by atoms with van der Waals surface area (Å²) in [5.74, 6) is 0.0594. The van der Waals surface area contributed by atoms with Crippen LogP contribution < -0.4 is 0 Å². The van der Waals surface area contributed by atoms with Crippen LogP contribution >= 0.6 is 24.0 Å². The highest BCUT2D eigenvalue weighted by Gasteiger charge is 2.10. The van der Waals surface area contributed by atoms with Gasteiger partial charge in [-0.3, -0.25) is 5.41 Å². The van der Waals surface area contributed by atoms with Crippen LogP contribution in [0.3, 0.4) is 0 Å². The van der Waals surface area contributed by atoms with Crippen molar-refractivity contribution in [3.05, 3.63) is 10.7 Å². The van der Waals surface area contributed by atoms with Gasteiger partial charge in [0.15, 0.2) is 5.84 Å². The van der Waals surface area contributed by atoms with Crippen molar-refractivity contribution in [2.24, 2.45) is 10.2 Å². The molecule has 0 aromatic carbocycles. The molecule has 0 fully saturated rings. The molecular weight excluding hydrogens is 161 g/mol. The topological polar surface area (TPSA) is 48.6 Å². The van der Waals surface area contributed by atoms with Gasteiger partial charge >= 0.3 is 0 Å². The molecule has 0 unspecified atom stereocenters. The molecule has 0 atom stereocenters. The van der Waals surface area contributed by atoms with E-state index in [4.69, 9.17) is 17.0 Å². The number of azo groups is 1. The molecule has 3 nitrogen and oxygen atoms in total. The minimum Gasteiger partial charge on any atom is -0.280 e. The van der Waals surface area contributed by atoms with E-state index in [1.165, 1.54) is 0 Å². The van der Waals surface area contributed by atoms with E-state index in [-0.39, 0.29) is 18.2 Å². The monoisotopic (exact) mass is 165 g/mol. The minimum absolute atomic E-state index is 0. The highest BCUT2D eigenvalue weighted by molar-refractivity contribution is 6.43. The van der Waals surface area contributed by atoms with Crippen LogP contribution in [0, 0.1) is 5.41 Å². The third-order valence-electron chi connectivity index (χ3n) is 0.826. The van der Waals surface area contributed by atoms with E-state index in [2.05, 4.69) is 10.2 Å². The molecule has 1 heterocycles. The Bertz CT molecular complexity index is 190. The molecule has 0 spiro atoms. The lowest BCUT2D eigenvalue weighted by molar-refractivity contribution is 1.20. The average Bonchev–Trinajstić information content (AvgIpc) is 1.98. The highest BCUT2D eigenvalue weighted by Crippen LogP contribution is 2.18. The second kappa shape index (κ2) is 2.94. The fourth-order valence-corrected chi connectivity index (χ4v) is 0.460. The summed E-state index contributed by atoms with van der Waals surface area (Å²) in [6, 6.07) is 0. The van der Waals surface area contributed by atoms with Gasteiger partial charge in [0, 0.05) is 0 Å². The van der Waals surface area contributed by atoms with Gasteiger partial charge in [-0.1, -0.05) is 11.6 Å². The second-order valence-corrected chi connectivity index (χ2v) is 1.83. The molecule has 0 aromatic rings. The van der Waals surface area contributed by atoms with Gasteiger partial charge in [-0.05, 0) is 6.92 Å². The number of allylic oxidation sites excluding steroid dienone is 1. The number of rotatable bonds is 0. The average molecular weight is 166 g/mol. The molecule has 0 saturated heterocycles. The van der Waals surface area contributed by atoms with Gasteiger partial charge in [0.25, 0.3) is 0 Å². The molecule has 0 amide bonds. The van der Waals surface area contributed by atoms with Crippen molar-refractivity contribution in [2.45, 2.75) is 6.92 Å². The first-order chi connectivity index (χ1) is 3.72. The first kappa shape index (κ1) is 8.59. The van der Waals surface area contributed by atoms with Gasteiger partial charge in [0.05, 0.1) is 5.70 Å². The van der Waals surface area contributed by atoms with Crippen LogP contribution in [0.4, 0.5) is 0 Å². The molecule has 9 heavy (non-hydrogen) atoms. The molecule has 1 N–H and O–H groups in total. The fraction of sp³-hybridized carbons (Fsp3) is 0.250. The zero-order chi connectivity index (χ0) is 6.15. The molecular formula is C4H5Cl2N3. The SMILES string of the molecule is CC1=C(Cl)C(=N)N=N1.Cl. The van der Waals surface area contributed by atoms with Crippen molar-refractivity contribution in [1.29, 1.82) is 5.41 Å². The predicted molar refractivity (Wildman–Crippen MR) is 38.4 cm³/mol. The number of nitrogens with zero attached hydrogens (tertiary/aromatic N) is 2. The van der Waals surface area contributed by atoms with Crippen LogP contribution in [0.5, 0.6) is 0 Å². The van der Waals surface area contributed by atoms with Crippen LogP contribution in [0.15, 0.2) is 21.0 Å². The van der Waals surface area contributed by atoms with E-state index in [0.717, 1.165) is 0 Å². The van der Waals surface area contributed by atoms with Gasteiger partial charge in [-0.15, -0.1) is 17.5 Å². The Balaban J connectivity index is 0.000000640. The molecule has 50 valence electrons. The number of hydrogen-bond acceptors (Lipinski definition) is 2. The summed E-state index contributed by atoms with van der Waals surface area (Å²) in [7, 11) is 0. The van der Waals surface area contributed by atoms with Crippen molar-refractivity contribution >= 4 is 29.8 Å². The number of amidine groups is 1. The summed E-state index contributed by atoms with van der Waals surface area (Å²) in [6.07, 6.45) is 0. The van der Waals surface area contributed by atoms with Gasteiger partial charge < -0.3 is 0 Å². The summed E-state index contributed by atoms with van der Waals surface area (Å²) in [5.41, 5.74) is 0.622. The van der Waals surface area contributed by atoms with Crippen molar-refractivity contribution in [2.75, 3.05) is 0 Å². The fourth-order valence-electron chi connectivity index (χ4n) is 0.384. The smallest absolute Gasteiger partial charge is 0.187 e. The highest BCUT2D eigenvalue weighted by atomic mass is 35.5. The summed E-state index contributed by atoms with van der Waals surface area (Å²) in [4.78, 5) is 0. The summed E-state index contributed by atoms with van der Waals surface area (Å²) >= 11 is 5.48. The van der Waals surface area contributed by atoms with E-state index in [1.807, 2.05) is 0 Å². The van der Waals surface area contributed by atoms with Gasteiger partial charge in [-0.25, -0.2) is 0 Å². The number of halogens is 2. The molecule has 0 bridgehead atoms. The Morgan fingerprint density at radius 1 is 1.44 bits per heavy atom. The van der Waals surface area contributed by atoms with Crippen molar-refractivity contribution in [1.82, 2.24) is 0 Å². The number of hydrogen-bond donors (Lipinski definition) is 1. The molecule has 1 aliphatic heterocycles. The standard InChI is InChI=1S/C4H4ClN3.ClH/c1-2-3(5)4(6)8-7-2;/h6H,1H3;1H. The van der Waals surface area contributed by atoms with Crippen molar-refractivity contribution < 1.29 is 0 Å². The van der Waals surface area contributed by atoms with Crippen LogP contribution in [-0.4, -0.2) is 5.84 Å². The van der Waals surface area contributed by atoms with Crippen molar-refractivity contribution in [3.8, 4) is 0 Å². The third-order valence-corrected chi connectivity index (χ3v) is 1.28. The lowest BCUT2D eigenvalue weighted by Crippen LogP contribution is -1.83. The lowest BCUT2D eigenvalue weighted by atomic mass is 10.4. The normalized spacial score (nSPS) is 16.4. The Hall–Kier alpha value is -0.410. The molecule has 0 saturated carbocycles. The Morgan fingerprint density at radius 2 is 2.00 bits per heavy atom. The first-order valence-electron chi connectivity index (χ1n) is 2.09. The predicted octanol–water partition coefficient (Wildman–Crippen LogP) is 2.32. The molecule has 1 rings (SSSR count). The van der Waals surface area contributed by atoms with Gasteiger partial charge in [0.2, 0.25) is 0 Å². The maximum Gasteiger partial charge on any atom is 0.187 e. The maximum absolute atomic E-state index is 6.93. The van der Waals surface area contributed by atoms with Gasteiger partial charge in [-0.2, -0.15) is 5.11 Å². The summed E-state index contributed by atoms with van der Waals surface area (Å²) < 4.78 is 0. The van der Waals surface area contributed by atoms with E-state index >= 15 is 0 Å². The van der Waals surface area contributed by atoms with Crippen LogP contribution in [0.1, 0.15) is 6.92 Å². The second-order valence-electron chi connectivity index (χ2n) is 1.45. The zero-order valence-electron chi connectivity index (χ0n) is 4.68. The summed E-state index contributed by atoms with van der Waals surface area (Å²) in [5, 5.41) is 14.2. The zero-order valence-corrected chi connectivity index (χ0v) is 6.25. The van der Waals surface area contributed by atoms with E-state index in [9.17, 15) is 0 Å². The Morgan fingerprint density at radius 3 is 2.11 bits per heavy atom. The molecule has 1 aliphatic rings. The van der Waals surface area contributed by atoms with Crippen LogP contribution in [0.25, 0.3) is 0 Å². The van der Waals surface area contributed by atoms with E-state index < -0.39 is 0 Å². The van der Waals surface area contributed by atoms with Crippen LogP contribution in [-0.2, 0) is 0 Å². The van der Waals surface area contributed by atoms with E-state index in [1.54, 1.807) is 6.92 Å². The molecule has 5 heteroatoms. The molecule has 0 aliphatic carbocycles.